The van der Waals surface area contributed by atoms with Crippen molar-refractivity contribution in [3.05, 3.63) is 157 Å². The van der Waals surface area contributed by atoms with Crippen molar-refractivity contribution in [1.29, 1.82) is 0 Å². The van der Waals surface area contributed by atoms with Gasteiger partial charge in [-0.25, -0.2) is 0 Å². The van der Waals surface area contributed by atoms with Crippen LogP contribution in [0.3, 0.4) is 0 Å². The largest absolute Gasteiger partial charge is 0.522 e. The van der Waals surface area contributed by atoms with Crippen molar-refractivity contribution in [3.63, 3.8) is 0 Å². The number of benzene rings is 4. The normalized spacial score (nSPS) is 14.7. The third-order valence-corrected chi connectivity index (χ3v) is 9.78. The number of rotatable bonds is 3. The Morgan fingerprint density at radius 1 is 0.545 bits per heavy atom. The molecule has 0 aliphatic heterocycles. The molecule has 1 saturated carbocycles. The van der Waals surface area contributed by atoms with E-state index in [0.29, 0.717) is 0 Å². The van der Waals surface area contributed by atoms with Gasteiger partial charge < -0.3 is 0 Å². The van der Waals surface area contributed by atoms with E-state index in [-0.39, 0.29) is 20.1 Å². The van der Waals surface area contributed by atoms with Crippen molar-refractivity contribution in [3.8, 4) is 0 Å². The van der Waals surface area contributed by atoms with E-state index in [9.17, 15) is 13.2 Å². The molecule has 3 nitrogen and oxygen atoms in total. The number of hydrogen-bond acceptors (Lipinski definition) is 2. The number of hydrogen-bond donors (Lipinski definition) is 1. The molecule has 4 aromatic rings. The van der Waals surface area contributed by atoms with Gasteiger partial charge >= 0.3 is 15.6 Å². The second-order valence-corrected chi connectivity index (χ2v) is 13.1. The molecule has 0 atom stereocenters. The molecule has 0 saturated heterocycles. The minimum atomic E-state index is -5.84. The van der Waals surface area contributed by atoms with Crippen molar-refractivity contribution < 1.29 is 46.2 Å². The summed E-state index contributed by atoms with van der Waals surface area (Å²) in [6, 6.07) is 44.8. The summed E-state index contributed by atoms with van der Waals surface area (Å²) in [6.07, 6.45) is 0. The van der Waals surface area contributed by atoms with E-state index in [2.05, 4.69) is 132 Å². The van der Waals surface area contributed by atoms with Crippen LogP contribution >= 0.6 is 7.92 Å². The van der Waals surface area contributed by atoms with E-state index >= 15 is 0 Å². The summed E-state index contributed by atoms with van der Waals surface area (Å²) < 4.78 is 57.5. The van der Waals surface area contributed by atoms with E-state index in [0.717, 1.165) is 0 Å². The SMILES string of the molecule is C[C]1[C](C)[C](C)[C](C)[C]1C.O=S(=O)(O)C(F)(F)F.[Ir].[c-]1ccccc1.c1ccc(P(c2ccccc2)c2ccccc2)cc1. The Kier molecular flexibility index (Phi) is 17.3. The van der Waals surface area contributed by atoms with Crippen molar-refractivity contribution in [2.24, 2.45) is 0 Å². The molecule has 6 radical (unpaired) electrons. The van der Waals surface area contributed by atoms with Crippen LogP contribution in [-0.2, 0) is 30.2 Å². The molecule has 0 bridgehead atoms. The van der Waals surface area contributed by atoms with E-state index in [1.54, 1.807) is 0 Å². The van der Waals surface area contributed by atoms with Gasteiger partial charge in [0, 0.05) is 20.1 Å². The van der Waals surface area contributed by atoms with Crippen LogP contribution in [0.1, 0.15) is 34.6 Å². The molecule has 0 spiro atoms. The van der Waals surface area contributed by atoms with Crippen molar-refractivity contribution >= 4 is 34.0 Å². The smallest absolute Gasteiger partial charge is 0.279 e. The van der Waals surface area contributed by atoms with Gasteiger partial charge in [0.1, 0.15) is 0 Å². The van der Waals surface area contributed by atoms with E-state index in [1.807, 2.05) is 30.3 Å². The Hall–Kier alpha value is -2.34. The maximum absolute atomic E-state index is 10.7. The second kappa shape index (κ2) is 19.2. The Balaban J connectivity index is 0.000000327. The predicted octanol–water partition coefficient (Wildman–Crippen LogP) is 8.30. The van der Waals surface area contributed by atoms with Crippen LogP contribution in [0.25, 0.3) is 0 Å². The molecular formula is C35H36F3IrO3PS-. The summed E-state index contributed by atoms with van der Waals surface area (Å²) in [4.78, 5) is 0. The first kappa shape index (κ1) is 39.7. The quantitative estimate of drug-likeness (QED) is 0.0981. The van der Waals surface area contributed by atoms with Gasteiger partial charge in [0.15, 0.2) is 0 Å². The molecule has 0 heterocycles. The molecule has 236 valence electrons. The zero-order chi connectivity index (χ0) is 32.0. The van der Waals surface area contributed by atoms with Gasteiger partial charge in [-0.3, -0.25) is 4.55 Å². The van der Waals surface area contributed by atoms with Crippen LogP contribution in [0, 0.1) is 35.7 Å². The molecule has 1 aliphatic rings. The fourth-order valence-corrected chi connectivity index (χ4v) is 6.23. The molecule has 9 heteroatoms. The maximum atomic E-state index is 10.7. The van der Waals surface area contributed by atoms with Gasteiger partial charge in [0.2, 0.25) is 0 Å². The standard InChI is InChI=1S/C18H15P.C10H15.C6H5.CHF3O3S.Ir/c1-4-10-16(11-5-1)19(17-12-6-2-7-13-17)18-14-8-3-9-15-18;1-6-7(2)9(4)10(5)8(6)3;1-2-4-6-5-3-1;2-1(3,4)8(5,6)7;/h1-15H;1-5H3;1-5H;(H,5,6,7);/q;;-1;;. The predicted molar refractivity (Wildman–Crippen MR) is 173 cm³/mol. The molecule has 4 aromatic carbocycles. The summed E-state index contributed by atoms with van der Waals surface area (Å²) in [5.74, 6) is 7.34. The molecular weight excluding hydrogens is 781 g/mol. The summed E-state index contributed by atoms with van der Waals surface area (Å²) in [5, 5.41) is 4.19. The molecule has 0 unspecified atom stereocenters. The summed E-state index contributed by atoms with van der Waals surface area (Å²) >= 11 is 0. The fraction of sp³-hybridized carbons (Fsp3) is 0.171. The van der Waals surface area contributed by atoms with Crippen LogP contribution in [0.2, 0.25) is 0 Å². The first-order valence-electron chi connectivity index (χ1n) is 13.4. The van der Waals surface area contributed by atoms with Crippen LogP contribution < -0.4 is 15.9 Å². The molecule has 0 aromatic heterocycles. The van der Waals surface area contributed by atoms with Gasteiger partial charge in [-0.05, 0) is 53.4 Å². The third kappa shape index (κ3) is 12.6. The van der Waals surface area contributed by atoms with Crippen molar-refractivity contribution in [2.75, 3.05) is 0 Å². The van der Waals surface area contributed by atoms with E-state index < -0.39 is 23.5 Å². The molecule has 5 rings (SSSR count). The summed E-state index contributed by atoms with van der Waals surface area (Å²) in [5.41, 5.74) is -5.53. The Bertz CT molecular complexity index is 1250. The summed E-state index contributed by atoms with van der Waals surface area (Å²) in [7, 11) is -6.29. The topological polar surface area (TPSA) is 54.4 Å². The van der Waals surface area contributed by atoms with Gasteiger partial charge in [0.25, 0.3) is 0 Å². The summed E-state index contributed by atoms with van der Waals surface area (Å²) in [6.45, 7) is 11.0. The first-order valence-corrected chi connectivity index (χ1v) is 16.1. The van der Waals surface area contributed by atoms with Gasteiger partial charge in [-0.2, -0.15) is 58.0 Å². The zero-order valence-corrected chi connectivity index (χ0v) is 29.2. The molecule has 44 heavy (non-hydrogen) atoms. The average Bonchev–Trinajstić information content (AvgIpc) is 3.17. The Labute approximate surface area is 276 Å². The monoisotopic (exact) mass is 817 g/mol. The second-order valence-electron chi connectivity index (χ2n) is 9.47. The van der Waals surface area contributed by atoms with E-state index in [1.165, 1.54) is 45.5 Å². The average molecular weight is 817 g/mol. The first-order chi connectivity index (χ1) is 20.3. The Morgan fingerprint density at radius 3 is 0.932 bits per heavy atom. The van der Waals surface area contributed by atoms with Crippen molar-refractivity contribution in [2.45, 2.75) is 40.1 Å². The third-order valence-electron chi connectivity index (χ3n) is 6.76. The van der Waals surface area contributed by atoms with Gasteiger partial charge in [-0.15, -0.1) is 0 Å². The van der Waals surface area contributed by atoms with Crippen molar-refractivity contribution in [1.82, 2.24) is 0 Å². The molecule has 1 fully saturated rings. The van der Waals surface area contributed by atoms with Crippen LogP contribution in [0.4, 0.5) is 13.2 Å². The minimum absolute atomic E-state index is 0. The fourth-order valence-electron chi connectivity index (χ4n) is 3.93. The van der Waals surface area contributed by atoms with Crippen LogP contribution in [0.5, 0.6) is 0 Å². The van der Waals surface area contributed by atoms with Gasteiger partial charge in [0.05, 0.1) is 0 Å². The Morgan fingerprint density at radius 2 is 0.773 bits per heavy atom. The number of alkyl halides is 3. The minimum Gasteiger partial charge on any atom is -0.279 e. The zero-order valence-electron chi connectivity index (χ0n) is 25.1. The van der Waals surface area contributed by atoms with Gasteiger partial charge in [-0.1, -0.05) is 126 Å². The molecule has 1 N–H and O–H groups in total. The molecule has 1 aliphatic carbocycles. The van der Waals surface area contributed by atoms with Crippen LogP contribution in [0.15, 0.2) is 121 Å². The maximum Gasteiger partial charge on any atom is 0.522 e. The van der Waals surface area contributed by atoms with Crippen LogP contribution in [-0.4, -0.2) is 18.5 Å². The number of halogens is 3. The molecule has 0 amide bonds. The van der Waals surface area contributed by atoms with E-state index in [4.69, 9.17) is 13.0 Å².